The van der Waals surface area contributed by atoms with E-state index in [2.05, 4.69) is 20.9 Å². The number of carbonyl (C=O) groups excluding carboxylic acids is 1. The van der Waals surface area contributed by atoms with Crippen LogP contribution in [-0.4, -0.2) is 24.2 Å². The Balaban J connectivity index is 2.53. The first kappa shape index (κ1) is 12.3. The highest BCUT2D eigenvalue weighted by Gasteiger charge is 2.43. The van der Waals surface area contributed by atoms with Crippen LogP contribution in [0, 0.1) is 0 Å². The van der Waals surface area contributed by atoms with Crippen LogP contribution in [0.3, 0.4) is 0 Å². The zero-order valence-corrected chi connectivity index (χ0v) is 10.1. The lowest BCUT2D eigenvalue weighted by molar-refractivity contribution is -0.163. The quantitative estimate of drug-likeness (QED) is 0.784. The SMILES string of the molecule is O=C(C1=NCCc2cccc(Br)c21)C(F)(F)F. The van der Waals surface area contributed by atoms with Gasteiger partial charge in [0.05, 0.1) is 0 Å². The molecule has 0 aromatic heterocycles. The lowest BCUT2D eigenvalue weighted by atomic mass is 9.95. The van der Waals surface area contributed by atoms with E-state index in [0.717, 1.165) is 0 Å². The van der Waals surface area contributed by atoms with Crippen LogP contribution in [0.1, 0.15) is 11.1 Å². The highest BCUT2D eigenvalue weighted by Crippen LogP contribution is 2.28. The maximum Gasteiger partial charge on any atom is 0.456 e. The van der Waals surface area contributed by atoms with E-state index in [4.69, 9.17) is 0 Å². The number of carbonyl (C=O) groups is 1. The fourth-order valence-corrected chi connectivity index (χ4v) is 2.32. The molecular formula is C11H7BrF3NO. The Morgan fingerprint density at radius 1 is 1.35 bits per heavy atom. The topological polar surface area (TPSA) is 29.4 Å². The lowest BCUT2D eigenvalue weighted by Gasteiger charge is -2.18. The molecule has 0 saturated carbocycles. The van der Waals surface area contributed by atoms with Crippen LogP contribution in [0.2, 0.25) is 0 Å². The van der Waals surface area contributed by atoms with Gasteiger partial charge in [0.1, 0.15) is 5.71 Å². The second-order valence-corrected chi connectivity index (χ2v) is 4.44. The van der Waals surface area contributed by atoms with Crippen molar-refractivity contribution < 1.29 is 18.0 Å². The highest BCUT2D eigenvalue weighted by molar-refractivity contribution is 9.10. The second kappa shape index (κ2) is 4.25. The van der Waals surface area contributed by atoms with Gasteiger partial charge in [-0.25, -0.2) is 0 Å². The average Bonchev–Trinajstić information content (AvgIpc) is 2.26. The summed E-state index contributed by atoms with van der Waals surface area (Å²) >= 11 is 3.16. The fraction of sp³-hybridized carbons (Fsp3) is 0.273. The smallest absolute Gasteiger partial charge is 0.282 e. The van der Waals surface area contributed by atoms with E-state index in [1.54, 1.807) is 18.2 Å². The van der Waals surface area contributed by atoms with Crippen molar-refractivity contribution in [1.29, 1.82) is 0 Å². The summed E-state index contributed by atoms with van der Waals surface area (Å²) < 4.78 is 37.7. The molecule has 1 aliphatic heterocycles. The van der Waals surface area contributed by atoms with Crippen LogP contribution in [0.15, 0.2) is 27.7 Å². The van der Waals surface area contributed by atoms with E-state index in [1.807, 2.05) is 0 Å². The van der Waals surface area contributed by atoms with Crippen molar-refractivity contribution in [3.05, 3.63) is 33.8 Å². The molecule has 0 spiro atoms. The van der Waals surface area contributed by atoms with Gasteiger partial charge in [-0.15, -0.1) is 0 Å². The molecular weight excluding hydrogens is 299 g/mol. The molecule has 1 aliphatic rings. The number of hydrogen-bond donors (Lipinski definition) is 0. The molecule has 0 aliphatic carbocycles. The van der Waals surface area contributed by atoms with Gasteiger partial charge in [0, 0.05) is 16.6 Å². The number of hydrogen-bond acceptors (Lipinski definition) is 2. The maximum absolute atomic E-state index is 12.4. The molecule has 2 rings (SSSR count). The van der Waals surface area contributed by atoms with E-state index in [-0.39, 0.29) is 12.1 Å². The van der Waals surface area contributed by atoms with E-state index in [9.17, 15) is 18.0 Å². The van der Waals surface area contributed by atoms with Gasteiger partial charge in [-0.05, 0) is 18.1 Å². The number of nitrogens with zero attached hydrogens (tertiary/aromatic N) is 1. The summed E-state index contributed by atoms with van der Waals surface area (Å²) in [7, 11) is 0. The van der Waals surface area contributed by atoms with Gasteiger partial charge in [-0.2, -0.15) is 13.2 Å². The van der Waals surface area contributed by atoms with Crippen molar-refractivity contribution in [3.63, 3.8) is 0 Å². The number of Topliss-reactive ketones (excluding diaryl/α,β-unsaturated/α-hetero) is 1. The minimum absolute atomic E-state index is 0.209. The van der Waals surface area contributed by atoms with Crippen molar-refractivity contribution in [2.24, 2.45) is 4.99 Å². The Morgan fingerprint density at radius 3 is 2.71 bits per heavy atom. The second-order valence-electron chi connectivity index (χ2n) is 3.58. The number of halogens is 4. The van der Waals surface area contributed by atoms with Crippen LogP contribution < -0.4 is 0 Å². The van der Waals surface area contributed by atoms with Crippen molar-refractivity contribution in [2.75, 3.05) is 6.54 Å². The van der Waals surface area contributed by atoms with Gasteiger partial charge in [-0.1, -0.05) is 28.1 Å². The van der Waals surface area contributed by atoms with E-state index in [1.165, 1.54) is 0 Å². The van der Waals surface area contributed by atoms with Crippen molar-refractivity contribution in [1.82, 2.24) is 0 Å². The molecule has 17 heavy (non-hydrogen) atoms. The molecule has 0 bridgehead atoms. The minimum Gasteiger partial charge on any atom is -0.282 e. The molecule has 1 heterocycles. The number of aliphatic imine (C=N–C) groups is 1. The van der Waals surface area contributed by atoms with Gasteiger partial charge in [-0.3, -0.25) is 9.79 Å². The number of ketones is 1. The minimum atomic E-state index is -4.89. The predicted molar refractivity (Wildman–Crippen MR) is 60.3 cm³/mol. The van der Waals surface area contributed by atoms with Crippen LogP contribution in [0.25, 0.3) is 0 Å². The van der Waals surface area contributed by atoms with Gasteiger partial charge in [0.2, 0.25) is 0 Å². The lowest BCUT2D eigenvalue weighted by Crippen LogP contribution is -2.34. The van der Waals surface area contributed by atoms with Crippen molar-refractivity contribution in [2.45, 2.75) is 12.6 Å². The molecule has 0 fully saturated rings. The molecule has 0 unspecified atom stereocenters. The first-order valence-corrected chi connectivity index (χ1v) is 5.64. The molecule has 0 amide bonds. The summed E-state index contributed by atoms with van der Waals surface area (Å²) in [5.41, 5.74) is 0.481. The molecule has 0 atom stereocenters. The molecule has 6 heteroatoms. The normalized spacial score (nSPS) is 15.2. The van der Waals surface area contributed by atoms with Gasteiger partial charge >= 0.3 is 6.18 Å². The number of rotatable bonds is 1. The average molecular weight is 306 g/mol. The van der Waals surface area contributed by atoms with E-state index < -0.39 is 17.7 Å². The van der Waals surface area contributed by atoms with E-state index >= 15 is 0 Å². The summed E-state index contributed by atoms with van der Waals surface area (Å²) in [5.74, 6) is -1.88. The highest BCUT2D eigenvalue weighted by atomic mass is 79.9. The summed E-state index contributed by atoms with van der Waals surface area (Å²) in [6.45, 7) is 0.209. The van der Waals surface area contributed by atoms with Gasteiger partial charge < -0.3 is 0 Å². The molecule has 1 aromatic rings. The first-order valence-electron chi connectivity index (χ1n) is 4.85. The summed E-state index contributed by atoms with van der Waals surface area (Å²) in [4.78, 5) is 15.0. The van der Waals surface area contributed by atoms with Crippen molar-refractivity contribution in [3.8, 4) is 0 Å². The predicted octanol–water partition coefficient (Wildman–Crippen LogP) is 2.93. The Labute approximate surface area is 104 Å². The van der Waals surface area contributed by atoms with Crippen LogP contribution in [-0.2, 0) is 11.2 Å². The molecule has 0 saturated heterocycles. The summed E-state index contributed by atoms with van der Waals surface area (Å²) in [6.07, 6.45) is -4.34. The fourth-order valence-electron chi connectivity index (χ4n) is 1.73. The Bertz CT molecular complexity index is 508. The molecule has 0 radical (unpaired) electrons. The first-order chi connectivity index (χ1) is 7.91. The van der Waals surface area contributed by atoms with E-state index in [0.29, 0.717) is 16.5 Å². The third-order valence-electron chi connectivity index (χ3n) is 2.46. The van der Waals surface area contributed by atoms with Crippen molar-refractivity contribution >= 4 is 27.4 Å². The number of benzene rings is 1. The number of fused-ring (bicyclic) bond motifs is 1. The molecule has 1 aromatic carbocycles. The zero-order chi connectivity index (χ0) is 12.6. The van der Waals surface area contributed by atoms with Gasteiger partial charge in [0.25, 0.3) is 5.78 Å². The summed E-state index contributed by atoms with van der Waals surface area (Å²) in [5, 5.41) is 0. The van der Waals surface area contributed by atoms with Crippen LogP contribution in [0.4, 0.5) is 13.2 Å². The molecule has 2 nitrogen and oxygen atoms in total. The molecule has 90 valence electrons. The maximum atomic E-state index is 12.4. The Hall–Kier alpha value is -1.17. The monoisotopic (exact) mass is 305 g/mol. The standard InChI is InChI=1S/C11H7BrF3NO/c12-7-3-1-2-6-4-5-16-9(8(6)7)10(17)11(13,14)15/h1-3H,4-5H2. The Kier molecular flexibility index (Phi) is 3.07. The van der Waals surface area contributed by atoms with Crippen LogP contribution in [0.5, 0.6) is 0 Å². The largest absolute Gasteiger partial charge is 0.456 e. The zero-order valence-electron chi connectivity index (χ0n) is 8.51. The third kappa shape index (κ3) is 2.26. The summed E-state index contributed by atoms with van der Waals surface area (Å²) in [6, 6.07) is 5.03. The van der Waals surface area contributed by atoms with Gasteiger partial charge in [0.15, 0.2) is 0 Å². The third-order valence-corrected chi connectivity index (χ3v) is 3.12. The Morgan fingerprint density at radius 2 is 2.06 bits per heavy atom. The number of alkyl halides is 3. The molecule has 0 N–H and O–H groups in total. The van der Waals surface area contributed by atoms with Crippen LogP contribution >= 0.6 is 15.9 Å².